The highest BCUT2D eigenvalue weighted by Crippen LogP contribution is 2.27. The van der Waals surface area contributed by atoms with Crippen molar-refractivity contribution in [3.8, 4) is 0 Å². The number of H-pyrrole nitrogens is 1. The summed E-state index contributed by atoms with van der Waals surface area (Å²) in [6, 6.07) is 15.3. The normalized spacial score (nSPS) is 18.2. The average molecular weight is 321 g/mol. The van der Waals surface area contributed by atoms with Crippen LogP contribution in [0.25, 0.3) is 11.0 Å². The maximum absolute atomic E-state index is 10.9. The van der Waals surface area contributed by atoms with Crippen LogP contribution in [0.1, 0.15) is 34.1 Å². The molecule has 0 amide bonds. The van der Waals surface area contributed by atoms with E-state index in [1.54, 1.807) is 12.1 Å². The van der Waals surface area contributed by atoms with Gasteiger partial charge in [0.05, 0.1) is 16.6 Å². The van der Waals surface area contributed by atoms with Crippen molar-refractivity contribution in [2.75, 3.05) is 13.1 Å². The molecule has 0 radical (unpaired) electrons. The van der Waals surface area contributed by atoms with E-state index in [9.17, 15) is 4.79 Å². The third kappa shape index (κ3) is 2.90. The molecule has 1 aliphatic heterocycles. The first-order valence-corrected chi connectivity index (χ1v) is 8.18. The van der Waals surface area contributed by atoms with Gasteiger partial charge < -0.3 is 10.1 Å². The van der Waals surface area contributed by atoms with Crippen LogP contribution in [0.15, 0.2) is 48.5 Å². The molecule has 0 spiro atoms. The Morgan fingerprint density at radius 3 is 2.75 bits per heavy atom. The Bertz CT molecular complexity index is 837. The van der Waals surface area contributed by atoms with Crippen molar-refractivity contribution in [2.45, 2.75) is 18.9 Å². The van der Waals surface area contributed by atoms with E-state index in [0.29, 0.717) is 11.5 Å². The fraction of sp³-hybridized carbons (Fsp3) is 0.263. The number of nitrogens with zero attached hydrogens (tertiary/aromatic N) is 2. The molecule has 0 aliphatic carbocycles. The zero-order valence-electron chi connectivity index (χ0n) is 13.3. The largest absolute Gasteiger partial charge is 0.478 e. The lowest BCUT2D eigenvalue weighted by molar-refractivity contribution is 0.0697. The summed E-state index contributed by atoms with van der Waals surface area (Å²) in [6.07, 6.45) is 1.09. The van der Waals surface area contributed by atoms with Gasteiger partial charge in [-0.2, -0.15) is 0 Å². The van der Waals surface area contributed by atoms with E-state index in [0.717, 1.165) is 48.5 Å². The molecule has 1 atom stereocenters. The van der Waals surface area contributed by atoms with Crippen LogP contribution in [0.3, 0.4) is 0 Å². The fourth-order valence-corrected chi connectivity index (χ4v) is 3.38. The van der Waals surface area contributed by atoms with Crippen molar-refractivity contribution in [3.05, 3.63) is 65.5 Å². The van der Waals surface area contributed by atoms with Gasteiger partial charge in [0.15, 0.2) is 0 Å². The van der Waals surface area contributed by atoms with Crippen LogP contribution < -0.4 is 0 Å². The Balaban J connectivity index is 1.43. The number of nitrogens with one attached hydrogen (secondary N) is 1. The van der Waals surface area contributed by atoms with Gasteiger partial charge in [-0.3, -0.25) is 4.90 Å². The van der Waals surface area contributed by atoms with Gasteiger partial charge in [-0.15, -0.1) is 0 Å². The molecule has 1 saturated heterocycles. The summed E-state index contributed by atoms with van der Waals surface area (Å²) in [4.78, 5) is 21.5. The van der Waals surface area contributed by atoms with Gasteiger partial charge in [-0.05, 0) is 42.8 Å². The number of fused-ring (bicyclic) bond motifs is 1. The van der Waals surface area contributed by atoms with Crippen LogP contribution in [-0.2, 0) is 6.54 Å². The van der Waals surface area contributed by atoms with Gasteiger partial charge in [-0.1, -0.05) is 24.3 Å². The standard InChI is InChI=1S/C19H19N3O2/c23-19(24)14-7-5-13(6-8-14)11-22-10-9-15(12-22)18-20-16-3-1-2-4-17(16)21-18/h1-8,15H,9-12H2,(H,20,21)(H,23,24). The molecule has 4 rings (SSSR count). The van der Waals surface area contributed by atoms with Crippen molar-refractivity contribution in [1.29, 1.82) is 0 Å². The lowest BCUT2D eigenvalue weighted by atomic mass is 10.1. The number of benzene rings is 2. The van der Waals surface area contributed by atoms with Crippen LogP contribution in [0, 0.1) is 0 Å². The number of para-hydroxylation sites is 2. The quantitative estimate of drug-likeness (QED) is 0.774. The van der Waals surface area contributed by atoms with Gasteiger partial charge in [0, 0.05) is 19.0 Å². The monoisotopic (exact) mass is 321 g/mol. The van der Waals surface area contributed by atoms with Crippen molar-refractivity contribution in [3.63, 3.8) is 0 Å². The van der Waals surface area contributed by atoms with Crippen molar-refractivity contribution >= 4 is 17.0 Å². The van der Waals surface area contributed by atoms with Gasteiger partial charge in [-0.25, -0.2) is 9.78 Å². The highest BCUT2D eigenvalue weighted by atomic mass is 16.4. The SMILES string of the molecule is O=C(O)c1ccc(CN2CCC(c3nc4ccccc4[nH]3)C2)cc1. The molecule has 5 heteroatoms. The van der Waals surface area contributed by atoms with Crippen molar-refractivity contribution in [2.24, 2.45) is 0 Å². The Kier molecular flexibility index (Phi) is 3.78. The second-order valence-corrected chi connectivity index (χ2v) is 6.36. The summed E-state index contributed by atoms with van der Waals surface area (Å²) >= 11 is 0. The van der Waals surface area contributed by atoms with E-state index in [2.05, 4.69) is 16.0 Å². The summed E-state index contributed by atoms with van der Waals surface area (Å²) in [5, 5.41) is 8.96. The Labute approximate surface area is 139 Å². The van der Waals surface area contributed by atoms with E-state index >= 15 is 0 Å². The number of rotatable bonds is 4. The predicted molar refractivity (Wildman–Crippen MR) is 92.1 cm³/mol. The van der Waals surface area contributed by atoms with Gasteiger partial charge in [0.2, 0.25) is 0 Å². The predicted octanol–water partition coefficient (Wildman–Crippen LogP) is 3.25. The minimum Gasteiger partial charge on any atom is -0.478 e. The summed E-state index contributed by atoms with van der Waals surface area (Å²) in [5.74, 6) is 0.614. The summed E-state index contributed by atoms with van der Waals surface area (Å²) < 4.78 is 0. The van der Waals surface area contributed by atoms with Crippen LogP contribution in [0.5, 0.6) is 0 Å². The lowest BCUT2D eigenvalue weighted by Crippen LogP contribution is -2.20. The molecule has 3 aromatic rings. The van der Waals surface area contributed by atoms with E-state index in [1.165, 1.54) is 0 Å². The molecule has 24 heavy (non-hydrogen) atoms. The van der Waals surface area contributed by atoms with Crippen LogP contribution >= 0.6 is 0 Å². The highest BCUT2D eigenvalue weighted by molar-refractivity contribution is 5.87. The fourth-order valence-electron chi connectivity index (χ4n) is 3.38. The maximum Gasteiger partial charge on any atom is 0.335 e. The number of hydrogen-bond acceptors (Lipinski definition) is 3. The van der Waals surface area contributed by atoms with Crippen molar-refractivity contribution in [1.82, 2.24) is 14.9 Å². The highest BCUT2D eigenvalue weighted by Gasteiger charge is 2.26. The molecule has 2 N–H and O–H groups in total. The number of aromatic amines is 1. The average Bonchev–Trinajstić information content (AvgIpc) is 3.21. The number of aromatic nitrogens is 2. The first kappa shape index (κ1) is 14.9. The van der Waals surface area contributed by atoms with E-state index < -0.39 is 5.97 Å². The topological polar surface area (TPSA) is 69.2 Å². The maximum atomic E-state index is 10.9. The van der Waals surface area contributed by atoms with Gasteiger partial charge >= 0.3 is 5.97 Å². The zero-order chi connectivity index (χ0) is 16.5. The molecule has 1 fully saturated rings. The van der Waals surface area contributed by atoms with Crippen LogP contribution in [0.2, 0.25) is 0 Å². The second-order valence-electron chi connectivity index (χ2n) is 6.36. The molecule has 0 saturated carbocycles. The number of carbonyl (C=O) groups is 1. The van der Waals surface area contributed by atoms with E-state index in [4.69, 9.17) is 10.1 Å². The van der Waals surface area contributed by atoms with Gasteiger partial charge in [0.1, 0.15) is 5.82 Å². The number of carboxylic acid groups (broad SMARTS) is 1. The molecule has 1 aliphatic rings. The van der Waals surface area contributed by atoms with Crippen LogP contribution in [-0.4, -0.2) is 39.0 Å². The van der Waals surface area contributed by atoms with Gasteiger partial charge in [0.25, 0.3) is 0 Å². The van der Waals surface area contributed by atoms with Crippen molar-refractivity contribution < 1.29 is 9.90 Å². The molecule has 1 unspecified atom stereocenters. The molecule has 122 valence electrons. The molecule has 2 aromatic carbocycles. The smallest absolute Gasteiger partial charge is 0.335 e. The van der Waals surface area contributed by atoms with E-state index in [-0.39, 0.29) is 0 Å². The number of imidazole rings is 1. The minimum absolute atomic E-state index is 0.334. The summed E-state index contributed by atoms with van der Waals surface area (Å²) in [5.41, 5.74) is 3.59. The number of hydrogen-bond donors (Lipinski definition) is 2. The Morgan fingerprint density at radius 2 is 2.00 bits per heavy atom. The number of carboxylic acids is 1. The molecule has 1 aromatic heterocycles. The molecule has 5 nitrogen and oxygen atoms in total. The summed E-state index contributed by atoms with van der Waals surface area (Å²) in [6.45, 7) is 2.85. The second kappa shape index (κ2) is 6.09. The Morgan fingerprint density at radius 1 is 1.21 bits per heavy atom. The Hall–Kier alpha value is -2.66. The molecule has 2 heterocycles. The van der Waals surface area contributed by atoms with E-state index in [1.807, 2.05) is 30.3 Å². The first-order chi connectivity index (χ1) is 11.7. The van der Waals surface area contributed by atoms with Crippen LogP contribution in [0.4, 0.5) is 0 Å². The first-order valence-electron chi connectivity index (χ1n) is 8.18. The third-order valence-electron chi connectivity index (χ3n) is 4.67. The number of aromatic carboxylic acids is 1. The molecule has 0 bridgehead atoms. The molecular weight excluding hydrogens is 302 g/mol. The summed E-state index contributed by atoms with van der Waals surface area (Å²) in [7, 11) is 0. The lowest BCUT2D eigenvalue weighted by Gasteiger charge is -2.15. The molecular formula is C19H19N3O2. The third-order valence-corrected chi connectivity index (χ3v) is 4.67. The number of likely N-dealkylation sites (tertiary alicyclic amines) is 1. The minimum atomic E-state index is -0.882. The zero-order valence-corrected chi connectivity index (χ0v) is 13.3.